The molecule has 122 valence electrons. The quantitative estimate of drug-likeness (QED) is 0.683. The fraction of sp³-hybridized carbons (Fsp3) is 0.167. The third kappa shape index (κ3) is 4.42. The van der Waals surface area contributed by atoms with Crippen molar-refractivity contribution in [1.29, 1.82) is 0 Å². The number of carbonyl (C=O) groups is 1. The summed E-state index contributed by atoms with van der Waals surface area (Å²) in [4.78, 5) is 22.9. The van der Waals surface area contributed by atoms with Gasteiger partial charge in [0.25, 0.3) is 0 Å². The number of amides is 1. The molecule has 2 heterocycles. The zero-order chi connectivity index (χ0) is 16.6. The number of aromatic amines is 1. The lowest BCUT2D eigenvalue weighted by Crippen LogP contribution is -2.24. The van der Waals surface area contributed by atoms with Crippen LogP contribution in [0.15, 0.2) is 55.0 Å². The molecule has 2 N–H and O–H groups in total. The van der Waals surface area contributed by atoms with Crippen LogP contribution in [0.2, 0.25) is 0 Å². The highest BCUT2D eigenvalue weighted by Crippen LogP contribution is 2.09. The molecule has 24 heavy (non-hydrogen) atoms. The Hall–Kier alpha value is -3.15. The number of ether oxygens (including phenoxy) is 1. The van der Waals surface area contributed by atoms with Crippen LogP contribution in [0.25, 0.3) is 17.2 Å². The molecule has 0 saturated carbocycles. The molecule has 0 aliphatic carbocycles. The fourth-order valence-corrected chi connectivity index (χ4v) is 2.19. The summed E-state index contributed by atoms with van der Waals surface area (Å²) in [6.07, 6.45) is 7.63. The van der Waals surface area contributed by atoms with Crippen LogP contribution >= 0.6 is 0 Å². The van der Waals surface area contributed by atoms with Gasteiger partial charge in [0.15, 0.2) is 5.65 Å². The summed E-state index contributed by atoms with van der Waals surface area (Å²) in [5, 5.41) is 2.72. The minimum Gasteiger partial charge on any atom is -0.445 e. The van der Waals surface area contributed by atoms with Gasteiger partial charge in [0.05, 0.1) is 11.8 Å². The zero-order valence-corrected chi connectivity index (χ0v) is 13.1. The van der Waals surface area contributed by atoms with Gasteiger partial charge in [0, 0.05) is 12.7 Å². The minimum atomic E-state index is -0.409. The van der Waals surface area contributed by atoms with Crippen LogP contribution in [-0.4, -0.2) is 27.6 Å². The Morgan fingerprint density at radius 1 is 1.25 bits per heavy atom. The van der Waals surface area contributed by atoms with Crippen LogP contribution in [0, 0.1) is 0 Å². The highest BCUT2D eigenvalue weighted by atomic mass is 16.5. The number of aromatic nitrogens is 3. The molecule has 0 unspecified atom stereocenters. The summed E-state index contributed by atoms with van der Waals surface area (Å²) in [6.45, 7) is 0.794. The topological polar surface area (TPSA) is 79.9 Å². The molecule has 1 aromatic carbocycles. The normalized spacial score (nSPS) is 11.0. The van der Waals surface area contributed by atoms with E-state index >= 15 is 0 Å². The second-order valence-corrected chi connectivity index (χ2v) is 5.22. The summed E-state index contributed by atoms with van der Waals surface area (Å²) in [6, 6.07) is 11.6. The van der Waals surface area contributed by atoms with E-state index in [-0.39, 0.29) is 6.61 Å². The van der Waals surface area contributed by atoms with Gasteiger partial charge in [-0.3, -0.25) is 0 Å². The lowest BCUT2D eigenvalue weighted by atomic mass is 10.2. The number of fused-ring (bicyclic) bond motifs is 1. The molecule has 1 amide bonds. The summed E-state index contributed by atoms with van der Waals surface area (Å²) in [7, 11) is 0. The minimum absolute atomic E-state index is 0.276. The number of carbonyl (C=O) groups excluding carboxylic acids is 1. The Bertz CT molecular complexity index is 827. The van der Waals surface area contributed by atoms with Crippen molar-refractivity contribution in [1.82, 2.24) is 20.3 Å². The van der Waals surface area contributed by atoms with E-state index < -0.39 is 6.09 Å². The molecule has 0 atom stereocenters. The van der Waals surface area contributed by atoms with Gasteiger partial charge in [0.2, 0.25) is 0 Å². The van der Waals surface area contributed by atoms with Crippen molar-refractivity contribution in [3.63, 3.8) is 0 Å². The van der Waals surface area contributed by atoms with Gasteiger partial charge < -0.3 is 15.0 Å². The molecule has 0 aliphatic heterocycles. The standard InChI is InChI=1S/C18H18N4O2/c23-18(24-12-14-6-2-1-3-7-14)19-9-5-4-8-15-10-16-17(20-11-15)22-13-21-16/h1-4,6-8,10-11,13H,5,9,12H2,(H,19,23)(H,20,21,22). The molecule has 3 aromatic rings. The number of nitrogens with zero attached hydrogens (tertiary/aromatic N) is 2. The Morgan fingerprint density at radius 3 is 3.00 bits per heavy atom. The molecule has 0 spiro atoms. The van der Waals surface area contributed by atoms with Crippen molar-refractivity contribution >= 4 is 23.3 Å². The van der Waals surface area contributed by atoms with Gasteiger partial charge in [-0.15, -0.1) is 0 Å². The number of rotatable bonds is 6. The Morgan fingerprint density at radius 2 is 2.12 bits per heavy atom. The van der Waals surface area contributed by atoms with E-state index in [9.17, 15) is 4.79 Å². The van der Waals surface area contributed by atoms with Gasteiger partial charge in [-0.1, -0.05) is 42.5 Å². The van der Waals surface area contributed by atoms with Crippen molar-refractivity contribution in [2.24, 2.45) is 0 Å². The highest BCUT2D eigenvalue weighted by Gasteiger charge is 2.01. The summed E-state index contributed by atoms with van der Waals surface area (Å²) >= 11 is 0. The maximum Gasteiger partial charge on any atom is 0.407 e. The molecule has 3 rings (SSSR count). The van der Waals surface area contributed by atoms with E-state index in [0.717, 1.165) is 16.6 Å². The van der Waals surface area contributed by atoms with E-state index in [2.05, 4.69) is 20.3 Å². The average molecular weight is 322 g/mol. The Balaban J connectivity index is 1.37. The van der Waals surface area contributed by atoms with Gasteiger partial charge in [-0.2, -0.15) is 0 Å². The van der Waals surface area contributed by atoms with Gasteiger partial charge in [-0.25, -0.2) is 14.8 Å². The zero-order valence-electron chi connectivity index (χ0n) is 13.1. The van der Waals surface area contributed by atoms with Crippen molar-refractivity contribution < 1.29 is 9.53 Å². The van der Waals surface area contributed by atoms with Crippen LogP contribution in [0.5, 0.6) is 0 Å². The lowest BCUT2D eigenvalue weighted by Gasteiger charge is -2.05. The first kappa shape index (κ1) is 15.7. The molecular formula is C18H18N4O2. The summed E-state index contributed by atoms with van der Waals surface area (Å²) in [5.41, 5.74) is 3.56. The molecule has 6 nitrogen and oxygen atoms in total. The largest absolute Gasteiger partial charge is 0.445 e. The van der Waals surface area contributed by atoms with Crippen molar-refractivity contribution in [2.45, 2.75) is 13.0 Å². The molecule has 0 saturated heterocycles. The third-order valence-electron chi connectivity index (χ3n) is 3.40. The third-order valence-corrected chi connectivity index (χ3v) is 3.40. The van der Waals surface area contributed by atoms with Crippen molar-refractivity contribution in [3.8, 4) is 0 Å². The van der Waals surface area contributed by atoms with Gasteiger partial charge in [-0.05, 0) is 23.6 Å². The number of nitrogens with one attached hydrogen (secondary N) is 2. The molecule has 0 radical (unpaired) electrons. The maximum atomic E-state index is 11.6. The van der Waals surface area contributed by atoms with Gasteiger partial charge >= 0.3 is 6.09 Å². The predicted molar refractivity (Wildman–Crippen MR) is 92.2 cm³/mol. The monoisotopic (exact) mass is 322 g/mol. The molecule has 2 aromatic heterocycles. The number of benzene rings is 1. The van der Waals surface area contributed by atoms with E-state index in [1.54, 1.807) is 12.5 Å². The molecular weight excluding hydrogens is 304 g/mol. The van der Waals surface area contributed by atoms with Crippen LogP contribution in [-0.2, 0) is 11.3 Å². The first-order valence-electron chi connectivity index (χ1n) is 7.71. The first-order valence-corrected chi connectivity index (χ1v) is 7.71. The Kier molecular flexibility index (Phi) is 5.19. The molecule has 0 bridgehead atoms. The number of alkyl carbamates (subject to hydrolysis) is 1. The predicted octanol–water partition coefficient (Wildman–Crippen LogP) is 3.29. The van der Waals surface area contributed by atoms with Crippen molar-refractivity contribution in [2.75, 3.05) is 6.54 Å². The highest BCUT2D eigenvalue weighted by molar-refractivity contribution is 5.73. The smallest absolute Gasteiger partial charge is 0.407 e. The number of hydrogen-bond donors (Lipinski definition) is 2. The van der Waals surface area contributed by atoms with Crippen LogP contribution in [0.3, 0.4) is 0 Å². The Labute approximate surface area is 139 Å². The SMILES string of the molecule is O=C(NCCC=Cc1cnc2nc[nH]c2c1)OCc1ccccc1. The molecule has 0 fully saturated rings. The summed E-state index contributed by atoms with van der Waals surface area (Å²) < 4.78 is 5.14. The van der Waals surface area contributed by atoms with E-state index in [0.29, 0.717) is 18.6 Å². The second-order valence-electron chi connectivity index (χ2n) is 5.22. The number of pyridine rings is 1. The average Bonchev–Trinajstić information content (AvgIpc) is 3.08. The lowest BCUT2D eigenvalue weighted by molar-refractivity contribution is 0.140. The number of imidazole rings is 1. The van der Waals surface area contributed by atoms with Gasteiger partial charge in [0.1, 0.15) is 6.61 Å². The summed E-state index contributed by atoms with van der Waals surface area (Å²) in [5.74, 6) is 0. The van der Waals surface area contributed by atoms with Crippen LogP contribution in [0.4, 0.5) is 4.79 Å². The second kappa shape index (κ2) is 7.92. The fourth-order valence-electron chi connectivity index (χ4n) is 2.19. The van der Waals surface area contributed by atoms with E-state index in [4.69, 9.17) is 4.74 Å². The number of H-pyrrole nitrogens is 1. The van der Waals surface area contributed by atoms with E-state index in [1.807, 2.05) is 48.6 Å². The molecule has 0 aliphatic rings. The van der Waals surface area contributed by atoms with Crippen LogP contribution < -0.4 is 5.32 Å². The maximum absolute atomic E-state index is 11.6. The first-order chi connectivity index (χ1) is 11.8. The van der Waals surface area contributed by atoms with E-state index in [1.165, 1.54) is 0 Å². The number of hydrogen-bond acceptors (Lipinski definition) is 4. The molecule has 6 heteroatoms. The van der Waals surface area contributed by atoms with Crippen LogP contribution in [0.1, 0.15) is 17.5 Å². The van der Waals surface area contributed by atoms with Crippen molar-refractivity contribution in [3.05, 3.63) is 66.1 Å².